The van der Waals surface area contributed by atoms with Crippen LogP contribution in [0.4, 0.5) is 4.39 Å². The minimum absolute atomic E-state index is 0.0821. The Morgan fingerprint density at radius 1 is 1.25 bits per heavy atom. The lowest BCUT2D eigenvalue weighted by atomic mass is 9.99. The molecule has 0 N–H and O–H groups in total. The molecule has 0 bridgehead atoms. The molecular weight excluding hydrogens is 203 g/mol. The number of ketones is 1. The van der Waals surface area contributed by atoms with Crippen LogP contribution in [-0.4, -0.2) is 5.78 Å². The molecule has 0 aliphatic carbocycles. The first-order valence-electron chi connectivity index (χ1n) is 5.44. The number of fused-ring (bicyclic) bond motifs is 1. The monoisotopic (exact) mass is 216 g/mol. The van der Waals surface area contributed by atoms with E-state index in [-0.39, 0.29) is 11.6 Å². The third-order valence-electron chi connectivity index (χ3n) is 2.62. The minimum atomic E-state index is -0.302. The molecule has 2 rings (SSSR count). The highest BCUT2D eigenvalue weighted by atomic mass is 19.1. The fourth-order valence-corrected chi connectivity index (χ4v) is 1.85. The maximum atomic E-state index is 13.2. The number of benzene rings is 2. The highest BCUT2D eigenvalue weighted by molar-refractivity contribution is 6.08. The van der Waals surface area contributed by atoms with Crippen molar-refractivity contribution >= 4 is 16.6 Å². The van der Waals surface area contributed by atoms with Crippen molar-refractivity contribution in [1.82, 2.24) is 0 Å². The molecule has 0 saturated heterocycles. The maximum Gasteiger partial charge on any atom is 0.163 e. The van der Waals surface area contributed by atoms with Gasteiger partial charge < -0.3 is 0 Å². The van der Waals surface area contributed by atoms with Crippen LogP contribution in [0.2, 0.25) is 0 Å². The number of rotatable bonds is 3. The predicted molar refractivity (Wildman–Crippen MR) is 63.1 cm³/mol. The molecule has 16 heavy (non-hydrogen) atoms. The van der Waals surface area contributed by atoms with E-state index in [1.54, 1.807) is 12.1 Å². The first kappa shape index (κ1) is 10.8. The van der Waals surface area contributed by atoms with Crippen molar-refractivity contribution in [3.05, 3.63) is 47.8 Å². The van der Waals surface area contributed by atoms with E-state index in [1.807, 2.05) is 19.1 Å². The van der Waals surface area contributed by atoms with Crippen molar-refractivity contribution in [3.63, 3.8) is 0 Å². The standard InChI is InChI=1S/C14H13FO/c1-2-4-14(16)12-6-3-5-10-7-8-11(15)9-13(10)12/h3,5-9H,2,4H2,1H3. The average molecular weight is 216 g/mol. The molecule has 0 unspecified atom stereocenters. The zero-order chi connectivity index (χ0) is 11.5. The van der Waals surface area contributed by atoms with Crippen LogP contribution in [-0.2, 0) is 0 Å². The van der Waals surface area contributed by atoms with Gasteiger partial charge in [-0.3, -0.25) is 4.79 Å². The van der Waals surface area contributed by atoms with Gasteiger partial charge in [0.05, 0.1) is 0 Å². The third-order valence-corrected chi connectivity index (χ3v) is 2.62. The Bertz CT molecular complexity index is 531. The van der Waals surface area contributed by atoms with Gasteiger partial charge in [-0.1, -0.05) is 31.2 Å². The van der Waals surface area contributed by atoms with E-state index in [9.17, 15) is 9.18 Å². The summed E-state index contributed by atoms with van der Waals surface area (Å²) in [6, 6.07) is 10.0. The summed E-state index contributed by atoms with van der Waals surface area (Å²) in [5, 5.41) is 1.62. The molecule has 0 amide bonds. The highest BCUT2D eigenvalue weighted by Crippen LogP contribution is 2.21. The van der Waals surface area contributed by atoms with Crippen LogP contribution < -0.4 is 0 Å². The van der Waals surface area contributed by atoms with Crippen LogP contribution in [0.3, 0.4) is 0 Å². The van der Waals surface area contributed by atoms with Crippen LogP contribution in [0, 0.1) is 5.82 Å². The largest absolute Gasteiger partial charge is 0.294 e. The van der Waals surface area contributed by atoms with Crippen molar-refractivity contribution in [1.29, 1.82) is 0 Å². The second-order valence-corrected chi connectivity index (χ2v) is 3.84. The van der Waals surface area contributed by atoms with Crippen molar-refractivity contribution in [2.45, 2.75) is 19.8 Å². The number of halogens is 1. The van der Waals surface area contributed by atoms with Gasteiger partial charge in [-0.25, -0.2) is 4.39 Å². The molecule has 2 aromatic rings. The topological polar surface area (TPSA) is 17.1 Å². The molecule has 0 atom stereocenters. The number of carbonyl (C=O) groups is 1. The number of Topliss-reactive ketones (excluding diaryl/α,β-unsaturated/α-hetero) is 1. The molecule has 0 aliphatic heterocycles. The lowest BCUT2D eigenvalue weighted by Gasteiger charge is -2.05. The van der Waals surface area contributed by atoms with Gasteiger partial charge in [0.25, 0.3) is 0 Å². The summed E-state index contributed by atoms with van der Waals surface area (Å²) >= 11 is 0. The zero-order valence-corrected chi connectivity index (χ0v) is 9.16. The van der Waals surface area contributed by atoms with E-state index in [1.165, 1.54) is 12.1 Å². The van der Waals surface area contributed by atoms with Crippen LogP contribution in [0.15, 0.2) is 36.4 Å². The van der Waals surface area contributed by atoms with Crippen LogP contribution in [0.5, 0.6) is 0 Å². The van der Waals surface area contributed by atoms with Gasteiger partial charge in [0.1, 0.15) is 5.82 Å². The number of hydrogen-bond acceptors (Lipinski definition) is 1. The zero-order valence-electron chi connectivity index (χ0n) is 9.16. The molecule has 0 spiro atoms. The average Bonchev–Trinajstić information content (AvgIpc) is 2.28. The molecule has 0 aromatic heterocycles. The van der Waals surface area contributed by atoms with Gasteiger partial charge in [-0.05, 0) is 29.3 Å². The highest BCUT2D eigenvalue weighted by Gasteiger charge is 2.09. The Labute approximate surface area is 93.9 Å². The summed E-state index contributed by atoms with van der Waals surface area (Å²) in [6.07, 6.45) is 1.32. The lowest BCUT2D eigenvalue weighted by molar-refractivity contribution is 0.0983. The fourth-order valence-electron chi connectivity index (χ4n) is 1.85. The number of carbonyl (C=O) groups excluding carboxylic acids is 1. The van der Waals surface area contributed by atoms with Crippen molar-refractivity contribution in [2.24, 2.45) is 0 Å². The Morgan fingerprint density at radius 3 is 2.81 bits per heavy atom. The summed E-state index contributed by atoms with van der Waals surface area (Å²) in [5.41, 5.74) is 0.624. The van der Waals surface area contributed by atoms with E-state index >= 15 is 0 Å². The molecule has 0 saturated carbocycles. The lowest BCUT2D eigenvalue weighted by Crippen LogP contribution is -1.99. The summed E-state index contributed by atoms with van der Waals surface area (Å²) < 4.78 is 13.2. The van der Waals surface area contributed by atoms with Crippen LogP contribution >= 0.6 is 0 Å². The first-order chi connectivity index (χ1) is 7.72. The van der Waals surface area contributed by atoms with Gasteiger partial charge >= 0.3 is 0 Å². The van der Waals surface area contributed by atoms with Gasteiger partial charge in [0.2, 0.25) is 0 Å². The van der Waals surface area contributed by atoms with Crippen molar-refractivity contribution < 1.29 is 9.18 Å². The number of hydrogen-bond donors (Lipinski definition) is 0. The summed E-state index contributed by atoms with van der Waals surface area (Å²) in [5.74, 6) is -0.219. The molecule has 1 nitrogen and oxygen atoms in total. The van der Waals surface area contributed by atoms with Crippen molar-refractivity contribution in [2.75, 3.05) is 0 Å². The van der Waals surface area contributed by atoms with E-state index in [0.717, 1.165) is 11.8 Å². The quantitative estimate of drug-likeness (QED) is 0.710. The molecule has 2 heteroatoms. The molecule has 0 radical (unpaired) electrons. The molecule has 0 aliphatic rings. The van der Waals surface area contributed by atoms with Crippen molar-refractivity contribution in [3.8, 4) is 0 Å². The van der Waals surface area contributed by atoms with E-state index in [0.29, 0.717) is 17.4 Å². The van der Waals surface area contributed by atoms with Gasteiger partial charge in [0.15, 0.2) is 5.78 Å². The molecule has 82 valence electrons. The van der Waals surface area contributed by atoms with Gasteiger partial charge in [-0.15, -0.1) is 0 Å². The van der Waals surface area contributed by atoms with Crippen LogP contribution in [0.25, 0.3) is 10.8 Å². The van der Waals surface area contributed by atoms with E-state index in [2.05, 4.69) is 0 Å². The SMILES string of the molecule is CCCC(=O)c1cccc2ccc(F)cc12. The Kier molecular flexibility index (Phi) is 3.00. The Morgan fingerprint density at radius 2 is 2.06 bits per heavy atom. The Balaban J connectivity index is 2.60. The first-order valence-corrected chi connectivity index (χ1v) is 5.44. The molecule has 2 aromatic carbocycles. The minimum Gasteiger partial charge on any atom is -0.294 e. The second-order valence-electron chi connectivity index (χ2n) is 3.84. The summed E-state index contributed by atoms with van der Waals surface area (Å²) in [4.78, 5) is 11.8. The molecule has 0 heterocycles. The second kappa shape index (κ2) is 4.44. The van der Waals surface area contributed by atoms with Crippen LogP contribution in [0.1, 0.15) is 30.1 Å². The van der Waals surface area contributed by atoms with E-state index in [4.69, 9.17) is 0 Å². The molecular formula is C14H13FO. The van der Waals surface area contributed by atoms with Gasteiger partial charge in [-0.2, -0.15) is 0 Å². The third kappa shape index (κ3) is 1.96. The smallest absolute Gasteiger partial charge is 0.163 e. The maximum absolute atomic E-state index is 13.2. The predicted octanol–water partition coefficient (Wildman–Crippen LogP) is 3.96. The Hall–Kier alpha value is -1.70. The summed E-state index contributed by atoms with van der Waals surface area (Å²) in [6.45, 7) is 1.96. The summed E-state index contributed by atoms with van der Waals surface area (Å²) in [7, 11) is 0. The fraction of sp³-hybridized carbons (Fsp3) is 0.214. The molecule has 0 fully saturated rings. The van der Waals surface area contributed by atoms with E-state index < -0.39 is 0 Å². The normalized spacial score (nSPS) is 10.6. The van der Waals surface area contributed by atoms with Gasteiger partial charge in [0, 0.05) is 12.0 Å².